The second-order valence-corrected chi connectivity index (χ2v) is 16.2. The van der Waals surface area contributed by atoms with Crippen molar-refractivity contribution in [3.8, 4) is 0 Å². The number of nitrogens with zero attached hydrogens (tertiary/aromatic N) is 2. The Labute approximate surface area is 273 Å². The van der Waals surface area contributed by atoms with Crippen molar-refractivity contribution in [2.75, 3.05) is 19.4 Å². The molecule has 1 aromatic carbocycles. The minimum Gasteiger partial charge on any atom is -0.457 e. The van der Waals surface area contributed by atoms with Crippen LogP contribution < -0.4 is 5.32 Å². The molecule has 0 spiro atoms. The van der Waals surface area contributed by atoms with Gasteiger partial charge in [-0.2, -0.15) is 0 Å². The Morgan fingerprint density at radius 3 is 1.31 bits per heavy atom. The van der Waals surface area contributed by atoms with E-state index < -0.39 is 11.9 Å². The molecule has 0 radical (unpaired) electrons. The normalized spacial score (nSPS) is 25.4. The fraction of sp³-hybridized carbons (Fsp3) is 0.679. The monoisotopic (exact) mass is 879 g/mol. The first kappa shape index (κ1) is 33.2. The summed E-state index contributed by atoms with van der Waals surface area (Å²) in [6, 6.07) is 0. The van der Waals surface area contributed by atoms with Crippen LogP contribution in [0.15, 0.2) is 0 Å². The van der Waals surface area contributed by atoms with E-state index >= 15 is 0 Å². The molecule has 0 saturated carbocycles. The van der Waals surface area contributed by atoms with Crippen LogP contribution >= 0.6 is 67.8 Å². The van der Waals surface area contributed by atoms with Crippen LogP contribution in [0.1, 0.15) is 95.9 Å². The second-order valence-electron chi connectivity index (χ2n) is 13.0. The third kappa shape index (κ3) is 5.99. The molecule has 0 aliphatic carbocycles. The number of ether oxygens (including phenoxy) is 2. The zero-order chi connectivity index (χ0) is 30.0. The summed E-state index contributed by atoms with van der Waals surface area (Å²) < 4.78 is 13.8. The summed E-state index contributed by atoms with van der Waals surface area (Å²) >= 11 is 6.15. The van der Waals surface area contributed by atoms with E-state index in [0.29, 0.717) is 29.2 Å². The van der Waals surface area contributed by atoms with Gasteiger partial charge in [-0.3, -0.25) is 14.6 Å². The number of rotatable bonds is 5. The quantitative estimate of drug-likeness (QED) is 0.275. The Morgan fingerprint density at radius 2 is 1.05 bits per heavy atom. The van der Waals surface area contributed by atoms with Crippen molar-refractivity contribution < 1.29 is 23.9 Å². The van der Waals surface area contributed by atoms with Crippen LogP contribution in [0.3, 0.4) is 0 Å². The third-order valence-electron chi connectivity index (χ3n) is 9.02. The first-order valence-electron chi connectivity index (χ1n) is 12.9. The van der Waals surface area contributed by atoms with E-state index in [2.05, 4.69) is 116 Å². The molecule has 0 aromatic heterocycles. The van der Waals surface area contributed by atoms with Crippen LogP contribution in [-0.2, 0) is 14.3 Å². The number of halogens is 3. The molecular weight excluding hydrogens is 839 g/mol. The minimum absolute atomic E-state index is 0.147. The van der Waals surface area contributed by atoms with Crippen LogP contribution in [0.2, 0.25) is 0 Å². The average molecular weight is 879 g/mol. The van der Waals surface area contributed by atoms with Crippen molar-refractivity contribution in [2.24, 2.45) is 0 Å². The number of nitrogens with one attached hydrogen (secondary N) is 1. The lowest BCUT2D eigenvalue weighted by molar-refractivity contribution is -0.114. The Balaban J connectivity index is 2.07. The van der Waals surface area contributed by atoms with Crippen LogP contribution in [0.4, 0.5) is 5.69 Å². The lowest BCUT2D eigenvalue weighted by atomic mass is 9.96. The maximum Gasteiger partial charge on any atom is 0.340 e. The molecule has 2 atom stereocenters. The second kappa shape index (κ2) is 11.1. The van der Waals surface area contributed by atoms with Gasteiger partial charge in [0.25, 0.3) is 0 Å². The van der Waals surface area contributed by atoms with Gasteiger partial charge in [-0.05, 0) is 137 Å². The summed E-state index contributed by atoms with van der Waals surface area (Å²) in [4.78, 5) is 44.3. The molecular formula is C28H40I3N3O5. The molecule has 218 valence electrons. The Morgan fingerprint density at radius 1 is 0.718 bits per heavy atom. The lowest BCUT2D eigenvalue weighted by Gasteiger charge is -2.37. The van der Waals surface area contributed by atoms with Gasteiger partial charge in [-0.1, -0.05) is 0 Å². The molecule has 1 aromatic rings. The maximum absolute atomic E-state index is 13.8. The van der Waals surface area contributed by atoms with Crippen molar-refractivity contribution in [3.05, 3.63) is 21.8 Å². The zero-order valence-corrected chi connectivity index (χ0v) is 31.1. The first-order chi connectivity index (χ1) is 17.6. The number of amides is 1. The van der Waals surface area contributed by atoms with Gasteiger partial charge < -0.3 is 14.8 Å². The molecule has 2 heterocycles. The van der Waals surface area contributed by atoms with E-state index in [1.54, 1.807) is 0 Å². The van der Waals surface area contributed by atoms with Gasteiger partial charge in [-0.15, -0.1) is 0 Å². The average Bonchev–Trinajstić information content (AvgIpc) is 3.03. The standard InChI is InChI=1S/C28H40I3N3O5/c1-14(35)32-22-20(30)17(23(36)38-15-12-25(2,3)33(10)27(15,6)7)19(29)18(21(22)31)24(37)39-16-13-26(4,5)34(11)28(16,8)9/h15-16H,12-13H2,1-11H3,(H,32,35). The van der Waals surface area contributed by atoms with Crippen molar-refractivity contribution in [1.82, 2.24) is 9.80 Å². The molecule has 1 amide bonds. The number of hydrogen-bond acceptors (Lipinski definition) is 7. The SMILES string of the molecule is CC(=O)Nc1c(I)c(C(=O)OC2CC(C)(C)N(C)C2(C)C)c(I)c(C(=O)OC2CC(C)(C)N(C)C2(C)C)c1I. The molecule has 2 fully saturated rings. The highest BCUT2D eigenvalue weighted by atomic mass is 127. The number of carbonyl (C=O) groups excluding carboxylic acids is 3. The zero-order valence-electron chi connectivity index (χ0n) is 24.6. The van der Waals surface area contributed by atoms with Gasteiger partial charge in [-0.25, -0.2) is 9.59 Å². The van der Waals surface area contributed by atoms with E-state index in [1.807, 2.05) is 36.7 Å². The molecule has 2 aliphatic rings. The molecule has 2 aliphatic heterocycles. The van der Waals surface area contributed by atoms with Gasteiger partial charge in [0.05, 0.1) is 35.0 Å². The molecule has 1 N–H and O–H groups in total. The van der Waals surface area contributed by atoms with Crippen LogP contribution in [0, 0.1) is 10.7 Å². The highest BCUT2D eigenvalue weighted by Crippen LogP contribution is 2.44. The minimum atomic E-state index is -0.521. The highest BCUT2D eigenvalue weighted by Gasteiger charge is 2.53. The van der Waals surface area contributed by atoms with Gasteiger partial charge in [0.2, 0.25) is 5.91 Å². The highest BCUT2D eigenvalue weighted by molar-refractivity contribution is 14.1. The molecule has 11 heteroatoms. The van der Waals surface area contributed by atoms with Gasteiger partial charge in [0.15, 0.2) is 0 Å². The maximum atomic E-state index is 13.8. The van der Waals surface area contributed by atoms with Crippen LogP contribution in [0.5, 0.6) is 0 Å². The van der Waals surface area contributed by atoms with Gasteiger partial charge in [0.1, 0.15) is 12.2 Å². The van der Waals surface area contributed by atoms with Gasteiger partial charge >= 0.3 is 11.9 Å². The largest absolute Gasteiger partial charge is 0.457 e. The molecule has 8 nitrogen and oxygen atoms in total. The van der Waals surface area contributed by atoms with E-state index in [9.17, 15) is 14.4 Å². The van der Waals surface area contributed by atoms with Gasteiger partial charge in [0, 0.05) is 34.4 Å². The molecule has 0 bridgehead atoms. The smallest absolute Gasteiger partial charge is 0.340 e. The summed E-state index contributed by atoms with van der Waals surface area (Å²) in [5.74, 6) is -1.34. The van der Waals surface area contributed by atoms with Crippen molar-refractivity contribution in [3.63, 3.8) is 0 Å². The number of benzene rings is 1. The Kier molecular flexibility index (Phi) is 9.46. The van der Waals surface area contributed by atoms with Crippen molar-refractivity contribution in [1.29, 1.82) is 0 Å². The molecule has 2 unspecified atom stereocenters. The number of anilines is 1. The number of likely N-dealkylation sites (N-methyl/N-ethyl adjacent to an activating group) is 2. The summed E-state index contributed by atoms with van der Waals surface area (Å²) in [6.45, 7) is 18.2. The van der Waals surface area contributed by atoms with Crippen molar-refractivity contribution in [2.45, 2.75) is 110 Å². The number of likely N-dealkylation sites (tertiary alicyclic amines) is 2. The van der Waals surface area contributed by atoms with Crippen LogP contribution in [0.25, 0.3) is 0 Å². The Bertz CT molecular complexity index is 1130. The van der Waals surface area contributed by atoms with E-state index in [-0.39, 0.29) is 51.4 Å². The molecule has 39 heavy (non-hydrogen) atoms. The third-order valence-corrected chi connectivity index (χ3v) is 12.3. The summed E-state index contributed by atoms with van der Waals surface area (Å²) in [5.41, 5.74) is -0.118. The van der Waals surface area contributed by atoms with Crippen molar-refractivity contribution >= 4 is 91.3 Å². The lowest BCUT2D eigenvalue weighted by Crippen LogP contribution is -2.49. The summed E-state index contributed by atoms with van der Waals surface area (Å²) in [7, 11) is 4.08. The topological polar surface area (TPSA) is 88.2 Å². The Hall–Kier alpha value is -0.260. The summed E-state index contributed by atoms with van der Waals surface area (Å²) in [6.07, 6.45) is 0.640. The fourth-order valence-corrected chi connectivity index (χ4v) is 10.0. The van der Waals surface area contributed by atoms with E-state index in [4.69, 9.17) is 9.47 Å². The fourth-order valence-electron chi connectivity index (χ4n) is 5.73. The van der Waals surface area contributed by atoms with E-state index in [1.165, 1.54) is 6.92 Å². The van der Waals surface area contributed by atoms with E-state index in [0.717, 1.165) is 0 Å². The number of carbonyl (C=O) groups is 3. The predicted octanol–water partition coefficient (Wildman–Crippen LogP) is 6.30. The predicted molar refractivity (Wildman–Crippen MR) is 178 cm³/mol. The first-order valence-corrected chi connectivity index (χ1v) is 16.2. The van der Waals surface area contributed by atoms with Crippen LogP contribution in [-0.4, -0.2) is 76.1 Å². The molecule has 2 saturated heterocycles. The summed E-state index contributed by atoms with van der Waals surface area (Å²) in [5, 5.41) is 2.83. The molecule has 3 rings (SSSR count). The number of hydrogen-bond donors (Lipinski definition) is 1. The number of esters is 2.